The molecule has 2 aromatic carbocycles. The summed E-state index contributed by atoms with van der Waals surface area (Å²) in [6.45, 7) is 1.41. The van der Waals surface area contributed by atoms with Gasteiger partial charge in [-0.25, -0.2) is 8.78 Å². The van der Waals surface area contributed by atoms with Gasteiger partial charge in [0.2, 0.25) is 6.79 Å². The third-order valence-corrected chi connectivity index (χ3v) is 4.82. The van der Waals surface area contributed by atoms with E-state index in [1.807, 2.05) is 18.2 Å². The Kier molecular flexibility index (Phi) is 4.03. The van der Waals surface area contributed by atoms with E-state index in [0.29, 0.717) is 19.0 Å². The summed E-state index contributed by atoms with van der Waals surface area (Å²) >= 11 is 0. The average Bonchev–Trinajstić information content (AvgIpc) is 3.11. The molecule has 0 atom stereocenters. The second-order valence-electron chi connectivity index (χ2n) is 6.31. The molecule has 0 unspecified atom stereocenters. The van der Waals surface area contributed by atoms with Crippen LogP contribution in [0.25, 0.3) is 0 Å². The minimum Gasteiger partial charge on any atom is -0.454 e. The number of halogens is 2. The number of piperidine rings is 1. The van der Waals surface area contributed by atoms with Crippen molar-refractivity contribution < 1.29 is 23.0 Å². The fraction of sp³-hybridized carbons (Fsp3) is 0.316. The van der Waals surface area contributed by atoms with E-state index in [-0.39, 0.29) is 18.3 Å². The molecule has 0 aromatic heterocycles. The largest absolute Gasteiger partial charge is 0.454 e. The van der Waals surface area contributed by atoms with Crippen LogP contribution < -0.4 is 9.47 Å². The molecule has 1 amide bonds. The van der Waals surface area contributed by atoms with E-state index >= 15 is 0 Å². The zero-order valence-electron chi connectivity index (χ0n) is 13.5. The van der Waals surface area contributed by atoms with Crippen molar-refractivity contribution in [2.24, 2.45) is 0 Å². The number of amides is 1. The van der Waals surface area contributed by atoms with Crippen molar-refractivity contribution >= 4 is 5.91 Å². The van der Waals surface area contributed by atoms with Gasteiger partial charge in [-0.2, -0.15) is 0 Å². The van der Waals surface area contributed by atoms with E-state index in [1.54, 1.807) is 4.90 Å². The lowest BCUT2D eigenvalue weighted by Gasteiger charge is -2.32. The minimum absolute atomic E-state index is 0.181. The molecule has 1 saturated heterocycles. The summed E-state index contributed by atoms with van der Waals surface area (Å²) in [6, 6.07) is 9.22. The molecule has 0 aliphatic carbocycles. The molecule has 2 aromatic rings. The standard InChI is InChI=1S/C19H17F2NO3/c20-15-3-1-14(9-16(15)21)19(23)22-7-5-12(6-8-22)13-2-4-17-18(10-13)25-11-24-17/h1-4,9-10,12H,5-8,11H2. The number of fused-ring (bicyclic) bond motifs is 1. The lowest BCUT2D eigenvalue weighted by molar-refractivity contribution is 0.0712. The monoisotopic (exact) mass is 345 g/mol. The van der Waals surface area contributed by atoms with Crippen LogP contribution in [0.4, 0.5) is 8.78 Å². The van der Waals surface area contributed by atoms with Crippen LogP contribution in [0.5, 0.6) is 11.5 Å². The van der Waals surface area contributed by atoms with Crippen molar-refractivity contribution in [2.45, 2.75) is 18.8 Å². The molecule has 25 heavy (non-hydrogen) atoms. The van der Waals surface area contributed by atoms with E-state index in [2.05, 4.69) is 0 Å². The van der Waals surface area contributed by atoms with Gasteiger partial charge >= 0.3 is 0 Å². The van der Waals surface area contributed by atoms with Crippen molar-refractivity contribution in [3.05, 3.63) is 59.2 Å². The van der Waals surface area contributed by atoms with Gasteiger partial charge in [0.05, 0.1) is 0 Å². The maximum absolute atomic E-state index is 13.3. The maximum atomic E-state index is 13.3. The quantitative estimate of drug-likeness (QED) is 0.833. The summed E-state index contributed by atoms with van der Waals surface area (Å²) in [7, 11) is 0. The number of nitrogens with zero attached hydrogens (tertiary/aromatic N) is 1. The van der Waals surface area contributed by atoms with Crippen molar-refractivity contribution in [1.29, 1.82) is 0 Å². The first-order chi connectivity index (χ1) is 12.1. The second-order valence-corrected chi connectivity index (χ2v) is 6.31. The molecule has 6 heteroatoms. The average molecular weight is 345 g/mol. The molecule has 1 fully saturated rings. The summed E-state index contributed by atoms with van der Waals surface area (Å²) in [5.41, 5.74) is 1.35. The third kappa shape index (κ3) is 3.04. The highest BCUT2D eigenvalue weighted by Crippen LogP contribution is 2.37. The molecule has 4 nitrogen and oxygen atoms in total. The number of likely N-dealkylation sites (tertiary alicyclic amines) is 1. The first kappa shape index (κ1) is 15.9. The van der Waals surface area contributed by atoms with Crippen LogP contribution in [0.15, 0.2) is 36.4 Å². The van der Waals surface area contributed by atoms with Gasteiger partial charge in [0.1, 0.15) is 0 Å². The molecule has 4 rings (SSSR count). The summed E-state index contributed by atoms with van der Waals surface area (Å²) in [6.07, 6.45) is 1.63. The molecule has 130 valence electrons. The zero-order chi connectivity index (χ0) is 17.4. The van der Waals surface area contributed by atoms with Gasteiger partial charge < -0.3 is 14.4 Å². The Labute approximate surface area is 144 Å². The number of carbonyl (C=O) groups is 1. The number of rotatable bonds is 2. The van der Waals surface area contributed by atoms with Crippen LogP contribution in [0.3, 0.4) is 0 Å². The van der Waals surface area contributed by atoms with Crippen LogP contribution >= 0.6 is 0 Å². The van der Waals surface area contributed by atoms with Crippen LogP contribution in [-0.4, -0.2) is 30.7 Å². The maximum Gasteiger partial charge on any atom is 0.253 e. The fourth-order valence-corrected chi connectivity index (χ4v) is 3.39. The Balaban J connectivity index is 1.42. The Morgan fingerprint density at radius 3 is 2.48 bits per heavy atom. The van der Waals surface area contributed by atoms with Gasteiger partial charge in [-0.15, -0.1) is 0 Å². The summed E-state index contributed by atoms with van der Waals surface area (Å²) in [5, 5.41) is 0. The number of carbonyl (C=O) groups excluding carboxylic acids is 1. The Morgan fingerprint density at radius 2 is 1.72 bits per heavy atom. The van der Waals surface area contributed by atoms with Gasteiger partial charge in [-0.1, -0.05) is 6.07 Å². The van der Waals surface area contributed by atoms with Gasteiger partial charge in [0.25, 0.3) is 5.91 Å². The smallest absolute Gasteiger partial charge is 0.253 e. The molecule has 0 bridgehead atoms. The van der Waals surface area contributed by atoms with Gasteiger partial charge in [0.15, 0.2) is 23.1 Å². The lowest BCUT2D eigenvalue weighted by Crippen LogP contribution is -2.38. The summed E-state index contributed by atoms with van der Waals surface area (Å²) < 4.78 is 37.1. The predicted molar refractivity (Wildman–Crippen MR) is 86.8 cm³/mol. The zero-order valence-corrected chi connectivity index (χ0v) is 13.5. The van der Waals surface area contributed by atoms with Crippen LogP contribution in [0.1, 0.15) is 34.7 Å². The van der Waals surface area contributed by atoms with Crippen molar-refractivity contribution in [3.63, 3.8) is 0 Å². The predicted octanol–water partition coefficient (Wildman–Crippen LogP) is 3.71. The SMILES string of the molecule is O=C(c1ccc(F)c(F)c1)N1CCC(c2ccc3c(c2)OCO3)CC1. The molecule has 2 heterocycles. The highest BCUT2D eigenvalue weighted by molar-refractivity contribution is 5.94. The molecular formula is C19H17F2NO3. The highest BCUT2D eigenvalue weighted by atomic mass is 19.2. The van der Waals surface area contributed by atoms with Crippen LogP contribution in [-0.2, 0) is 0 Å². The lowest BCUT2D eigenvalue weighted by atomic mass is 9.89. The highest BCUT2D eigenvalue weighted by Gasteiger charge is 2.26. The number of hydrogen-bond donors (Lipinski definition) is 0. The van der Waals surface area contributed by atoms with E-state index in [1.165, 1.54) is 11.6 Å². The van der Waals surface area contributed by atoms with Gasteiger partial charge in [-0.3, -0.25) is 4.79 Å². The van der Waals surface area contributed by atoms with Crippen molar-refractivity contribution in [3.8, 4) is 11.5 Å². The summed E-state index contributed by atoms with van der Waals surface area (Å²) in [4.78, 5) is 14.2. The molecule has 0 N–H and O–H groups in total. The third-order valence-electron chi connectivity index (χ3n) is 4.82. The second kappa shape index (κ2) is 6.35. The summed E-state index contributed by atoms with van der Waals surface area (Å²) in [5.74, 6) is -0.349. The minimum atomic E-state index is -0.999. The van der Waals surface area contributed by atoms with Crippen molar-refractivity contribution in [1.82, 2.24) is 4.90 Å². The molecule has 2 aliphatic heterocycles. The fourth-order valence-electron chi connectivity index (χ4n) is 3.39. The normalized spacial score (nSPS) is 17.0. The number of benzene rings is 2. The Hall–Kier alpha value is -2.63. The molecule has 2 aliphatic rings. The van der Waals surface area contributed by atoms with Crippen LogP contribution in [0.2, 0.25) is 0 Å². The van der Waals surface area contributed by atoms with E-state index in [4.69, 9.17) is 9.47 Å². The van der Waals surface area contributed by atoms with Crippen LogP contribution in [0, 0.1) is 11.6 Å². The number of hydrogen-bond acceptors (Lipinski definition) is 3. The van der Waals surface area contributed by atoms with E-state index in [0.717, 1.165) is 36.5 Å². The molecule has 0 radical (unpaired) electrons. The topological polar surface area (TPSA) is 38.8 Å². The van der Waals surface area contributed by atoms with Crippen molar-refractivity contribution in [2.75, 3.05) is 19.9 Å². The molecular weight excluding hydrogens is 328 g/mol. The molecule has 0 saturated carbocycles. The van der Waals surface area contributed by atoms with E-state index < -0.39 is 11.6 Å². The first-order valence-corrected chi connectivity index (χ1v) is 8.25. The van der Waals surface area contributed by atoms with E-state index in [9.17, 15) is 13.6 Å². The molecule has 0 spiro atoms. The first-order valence-electron chi connectivity index (χ1n) is 8.25. The van der Waals surface area contributed by atoms with Gasteiger partial charge in [0, 0.05) is 18.7 Å². The number of ether oxygens (including phenoxy) is 2. The van der Waals surface area contributed by atoms with Gasteiger partial charge in [-0.05, 0) is 54.7 Å². The Bertz CT molecular complexity index is 816. The Morgan fingerprint density at radius 1 is 0.960 bits per heavy atom.